The van der Waals surface area contributed by atoms with Crippen molar-refractivity contribution in [3.63, 3.8) is 0 Å². The van der Waals surface area contributed by atoms with Gasteiger partial charge in [0.1, 0.15) is 11.1 Å². The van der Waals surface area contributed by atoms with Crippen LogP contribution in [0.3, 0.4) is 0 Å². The van der Waals surface area contributed by atoms with E-state index >= 15 is 0 Å². The zero-order valence-corrected chi connectivity index (χ0v) is 9.71. The lowest BCUT2D eigenvalue weighted by molar-refractivity contribution is -0.149. The van der Waals surface area contributed by atoms with E-state index in [0.717, 1.165) is 16.3 Å². The van der Waals surface area contributed by atoms with Gasteiger partial charge in [0, 0.05) is 10.9 Å². The molecular formula is C13H11NO4. The average Bonchev–Trinajstić information content (AvgIpc) is 3.12. The summed E-state index contributed by atoms with van der Waals surface area (Å²) in [5.41, 5.74) is 0.868. The van der Waals surface area contributed by atoms with Gasteiger partial charge in [-0.3, -0.25) is 0 Å². The molecule has 0 saturated heterocycles. The second-order valence-corrected chi connectivity index (χ2v) is 4.00. The Balaban J connectivity index is 1.98. The van der Waals surface area contributed by atoms with Gasteiger partial charge in [-0.2, -0.15) is 0 Å². The molecular weight excluding hydrogens is 234 g/mol. The van der Waals surface area contributed by atoms with E-state index in [4.69, 9.17) is 14.7 Å². The number of nitrogens with zero attached hydrogens (tertiary/aromatic N) is 1. The Morgan fingerprint density at radius 2 is 2.39 bits per heavy atom. The van der Waals surface area contributed by atoms with Crippen molar-refractivity contribution in [2.45, 2.75) is 13.0 Å². The first-order valence-corrected chi connectivity index (χ1v) is 5.67. The molecule has 92 valence electrons. The highest BCUT2D eigenvalue weighted by Gasteiger charge is 2.28. The van der Waals surface area contributed by atoms with E-state index in [1.54, 1.807) is 13.0 Å². The topological polar surface area (TPSA) is 68.1 Å². The van der Waals surface area contributed by atoms with Crippen LogP contribution in [0.4, 0.5) is 0 Å². The molecule has 0 fully saturated rings. The first-order chi connectivity index (χ1) is 8.76. The number of benzene rings is 1. The van der Waals surface area contributed by atoms with Crippen molar-refractivity contribution in [3.05, 3.63) is 29.1 Å². The van der Waals surface area contributed by atoms with Gasteiger partial charge in [0.25, 0.3) is 0 Å². The maximum Gasteiger partial charge on any atom is 0.351 e. The molecule has 0 bridgehead atoms. The third-order valence-corrected chi connectivity index (χ3v) is 2.93. The van der Waals surface area contributed by atoms with Gasteiger partial charge in [-0.1, -0.05) is 23.4 Å². The fraction of sp³-hybridized carbons (Fsp3) is 0.231. The third-order valence-electron chi connectivity index (χ3n) is 2.93. The highest BCUT2D eigenvalue weighted by atomic mass is 16.6. The number of ether oxygens (including phenoxy) is 2. The number of fused-ring (bicyclic) bond motifs is 3. The van der Waals surface area contributed by atoms with Crippen molar-refractivity contribution in [1.29, 1.82) is 0 Å². The molecule has 0 radical (unpaired) electrons. The predicted molar refractivity (Wildman–Crippen MR) is 63.8 cm³/mol. The molecule has 1 aliphatic heterocycles. The summed E-state index contributed by atoms with van der Waals surface area (Å²) in [6, 6.07) is 3.73. The summed E-state index contributed by atoms with van der Waals surface area (Å²) in [5, 5.41) is 14.1. The zero-order chi connectivity index (χ0) is 12.7. The maximum absolute atomic E-state index is 11.6. The SMILES string of the molecule is CCOC(=O)C1C=Cc2ccc3c(=NO)c3c2O1. The lowest BCUT2D eigenvalue weighted by atomic mass is 10.1. The van der Waals surface area contributed by atoms with Crippen LogP contribution in [0.1, 0.15) is 12.5 Å². The molecule has 1 unspecified atom stereocenters. The molecule has 2 aromatic rings. The van der Waals surface area contributed by atoms with Gasteiger partial charge in [0.15, 0.2) is 0 Å². The van der Waals surface area contributed by atoms with Crippen LogP contribution in [0.15, 0.2) is 23.4 Å². The maximum atomic E-state index is 11.6. The molecule has 18 heavy (non-hydrogen) atoms. The van der Waals surface area contributed by atoms with E-state index in [1.807, 2.05) is 18.2 Å². The van der Waals surface area contributed by atoms with Crippen LogP contribution < -0.4 is 10.1 Å². The van der Waals surface area contributed by atoms with Gasteiger partial charge in [-0.15, -0.1) is 0 Å². The Bertz CT molecular complexity index is 676. The molecule has 3 rings (SSSR count). The van der Waals surface area contributed by atoms with Crippen LogP contribution in [-0.2, 0) is 9.53 Å². The summed E-state index contributed by atoms with van der Waals surface area (Å²) in [7, 11) is 0. The number of rotatable bonds is 2. The predicted octanol–water partition coefficient (Wildman–Crippen LogP) is 1.34. The highest BCUT2D eigenvalue weighted by Crippen LogP contribution is 2.35. The first kappa shape index (κ1) is 10.8. The van der Waals surface area contributed by atoms with Crippen LogP contribution >= 0.6 is 0 Å². The minimum absolute atomic E-state index is 0.315. The minimum atomic E-state index is -0.732. The number of hydrogen-bond acceptors (Lipinski definition) is 5. The van der Waals surface area contributed by atoms with Crippen LogP contribution in [0.25, 0.3) is 16.8 Å². The first-order valence-electron chi connectivity index (χ1n) is 5.67. The van der Waals surface area contributed by atoms with Crippen LogP contribution in [0, 0.1) is 0 Å². The highest BCUT2D eigenvalue weighted by molar-refractivity contribution is 6.04. The van der Waals surface area contributed by atoms with Crippen molar-refractivity contribution in [2.75, 3.05) is 6.61 Å². The Hall–Kier alpha value is -2.30. The molecule has 0 amide bonds. The van der Waals surface area contributed by atoms with Crippen LogP contribution in [-0.4, -0.2) is 23.9 Å². The van der Waals surface area contributed by atoms with Crippen molar-refractivity contribution >= 4 is 22.8 Å². The van der Waals surface area contributed by atoms with Gasteiger partial charge in [-0.05, 0) is 13.0 Å². The summed E-state index contributed by atoms with van der Waals surface area (Å²) < 4.78 is 10.5. The summed E-state index contributed by atoms with van der Waals surface area (Å²) in [4.78, 5) is 11.6. The molecule has 1 N–H and O–H groups in total. The van der Waals surface area contributed by atoms with Gasteiger partial charge >= 0.3 is 5.97 Å². The fourth-order valence-electron chi connectivity index (χ4n) is 2.05. The standard InChI is InChI=1S/C13H11NO4/c1-2-17-13(15)9-6-4-7-3-5-8-10(11(8)14-16)12(7)18-9/h3-6,9,16H,2H2,1H3. The monoisotopic (exact) mass is 245 g/mol. The Kier molecular flexibility index (Phi) is 2.33. The number of carbonyl (C=O) groups excluding carboxylic acids is 1. The summed E-state index contributed by atoms with van der Waals surface area (Å²) in [6.07, 6.45) is 2.74. The largest absolute Gasteiger partial charge is 0.473 e. The molecule has 1 aliphatic rings. The summed E-state index contributed by atoms with van der Waals surface area (Å²) in [5.74, 6) is 0.168. The molecule has 0 aromatic heterocycles. The minimum Gasteiger partial charge on any atom is -0.473 e. The van der Waals surface area contributed by atoms with Crippen LogP contribution in [0.5, 0.6) is 5.75 Å². The molecule has 1 heterocycles. The molecule has 5 heteroatoms. The molecule has 0 saturated carbocycles. The Labute approximate surface area is 103 Å². The molecule has 0 aliphatic carbocycles. The Morgan fingerprint density at radius 1 is 1.56 bits per heavy atom. The van der Waals surface area contributed by atoms with Gasteiger partial charge in [0.2, 0.25) is 6.10 Å². The summed E-state index contributed by atoms with van der Waals surface area (Å²) >= 11 is 0. The summed E-state index contributed by atoms with van der Waals surface area (Å²) in [6.45, 7) is 2.06. The van der Waals surface area contributed by atoms with Crippen LogP contribution in [0.2, 0.25) is 0 Å². The van der Waals surface area contributed by atoms with Crippen molar-refractivity contribution in [3.8, 4) is 5.75 Å². The van der Waals surface area contributed by atoms with Crippen molar-refractivity contribution < 1.29 is 19.5 Å². The fourth-order valence-corrected chi connectivity index (χ4v) is 2.05. The quantitative estimate of drug-likeness (QED) is 0.492. The van der Waals surface area contributed by atoms with Gasteiger partial charge in [-0.25, -0.2) is 4.79 Å². The molecule has 1 atom stereocenters. The number of carbonyl (C=O) groups is 1. The lowest BCUT2D eigenvalue weighted by Crippen LogP contribution is -2.29. The average molecular weight is 245 g/mol. The molecule has 5 nitrogen and oxygen atoms in total. The van der Waals surface area contributed by atoms with Crippen molar-refractivity contribution in [1.82, 2.24) is 0 Å². The Morgan fingerprint density at radius 3 is 3.11 bits per heavy atom. The van der Waals surface area contributed by atoms with E-state index < -0.39 is 12.1 Å². The normalized spacial score (nSPS) is 18.9. The van der Waals surface area contributed by atoms with E-state index in [9.17, 15) is 4.79 Å². The zero-order valence-electron chi connectivity index (χ0n) is 9.71. The van der Waals surface area contributed by atoms with Crippen molar-refractivity contribution in [2.24, 2.45) is 5.16 Å². The van der Waals surface area contributed by atoms with E-state index in [1.165, 1.54) is 0 Å². The third kappa shape index (κ3) is 1.48. The van der Waals surface area contributed by atoms with Gasteiger partial charge in [0.05, 0.1) is 12.0 Å². The van der Waals surface area contributed by atoms with Gasteiger partial charge < -0.3 is 14.7 Å². The molecule has 2 aromatic carbocycles. The number of esters is 1. The lowest BCUT2D eigenvalue weighted by Gasteiger charge is -2.19. The van der Waals surface area contributed by atoms with E-state index in [-0.39, 0.29) is 0 Å². The second-order valence-electron chi connectivity index (χ2n) is 4.00. The van der Waals surface area contributed by atoms with E-state index in [0.29, 0.717) is 17.7 Å². The van der Waals surface area contributed by atoms with E-state index in [2.05, 4.69) is 5.16 Å². The smallest absolute Gasteiger partial charge is 0.351 e. The molecule has 0 spiro atoms. The number of hydrogen-bond donors (Lipinski definition) is 1. The second kappa shape index (κ2) is 3.87.